The average molecular weight is 276 g/mol. The van der Waals surface area contributed by atoms with Gasteiger partial charge in [-0.05, 0) is 43.0 Å². The molecule has 20 heavy (non-hydrogen) atoms. The molecule has 1 aliphatic rings. The first-order chi connectivity index (χ1) is 9.72. The number of nitrogens with one attached hydrogen (secondary N) is 1. The fraction of sp³-hybridized carbons (Fsp3) is 0.562. The van der Waals surface area contributed by atoms with Gasteiger partial charge in [-0.25, -0.2) is 0 Å². The summed E-state index contributed by atoms with van der Waals surface area (Å²) in [6.45, 7) is 0.660. The topological polar surface area (TPSA) is 64.3 Å². The van der Waals surface area contributed by atoms with Crippen LogP contribution in [0.5, 0.6) is 5.75 Å². The minimum atomic E-state index is 0.0838. The van der Waals surface area contributed by atoms with Crippen molar-refractivity contribution in [3.63, 3.8) is 0 Å². The Hall–Kier alpha value is -1.55. The molecule has 4 heteroatoms. The first-order valence-corrected chi connectivity index (χ1v) is 7.35. The zero-order valence-corrected chi connectivity index (χ0v) is 12.1. The van der Waals surface area contributed by atoms with E-state index in [1.807, 2.05) is 24.3 Å². The Labute approximate surface area is 120 Å². The van der Waals surface area contributed by atoms with Gasteiger partial charge in [0.05, 0.1) is 13.5 Å². The van der Waals surface area contributed by atoms with E-state index in [1.165, 1.54) is 12.8 Å². The highest BCUT2D eigenvalue weighted by Gasteiger charge is 2.25. The summed E-state index contributed by atoms with van der Waals surface area (Å²) in [4.78, 5) is 12.1. The van der Waals surface area contributed by atoms with E-state index in [4.69, 9.17) is 10.5 Å². The van der Waals surface area contributed by atoms with Gasteiger partial charge >= 0.3 is 0 Å². The van der Waals surface area contributed by atoms with Crippen LogP contribution in [0.25, 0.3) is 0 Å². The van der Waals surface area contributed by atoms with Crippen molar-refractivity contribution in [1.82, 2.24) is 5.32 Å². The molecule has 2 atom stereocenters. The monoisotopic (exact) mass is 276 g/mol. The van der Waals surface area contributed by atoms with Crippen molar-refractivity contribution < 1.29 is 9.53 Å². The molecule has 0 spiro atoms. The quantitative estimate of drug-likeness (QED) is 0.863. The third-order valence-corrected chi connectivity index (χ3v) is 4.08. The Morgan fingerprint density at radius 1 is 1.30 bits per heavy atom. The Morgan fingerprint density at radius 3 is 2.65 bits per heavy atom. The molecule has 0 aliphatic heterocycles. The van der Waals surface area contributed by atoms with Gasteiger partial charge in [0.2, 0.25) is 5.91 Å². The maximum absolute atomic E-state index is 12.1. The van der Waals surface area contributed by atoms with E-state index in [0.29, 0.717) is 18.9 Å². The van der Waals surface area contributed by atoms with E-state index < -0.39 is 0 Å². The molecule has 0 radical (unpaired) electrons. The van der Waals surface area contributed by atoms with Crippen LogP contribution < -0.4 is 15.8 Å². The molecule has 1 saturated carbocycles. The maximum Gasteiger partial charge on any atom is 0.224 e. The Bertz CT molecular complexity index is 431. The molecule has 2 unspecified atom stereocenters. The molecule has 2 rings (SSSR count). The normalized spacial score (nSPS) is 22.3. The van der Waals surface area contributed by atoms with Gasteiger partial charge in [0.1, 0.15) is 5.75 Å². The lowest BCUT2D eigenvalue weighted by Crippen LogP contribution is -2.45. The number of nitrogens with two attached hydrogens (primary N) is 1. The summed E-state index contributed by atoms with van der Waals surface area (Å²) in [6.07, 6.45) is 5.01. The summed E-state index contributed by atoms with van der Waals surface area (Å²) in [5, 5.41) is 3.15. The van der Waals surface area contributed by atoms with Crippen molar-refractivity contribution in [2.45, 2.75) is 38.1 Å². The van der Waals surface area contributed by atoms with Crippen molar-refractivity contribution in [3.8, 4) is 5.75 Å². The number of amides is 1. The standard InChI is InChI=1S/C16H24N2O2/c1-20-14-8-6-12(7-9-14)10-16(19)18-15-5-3-2-4-13(15)11-17/h6-9,13,15H,2-5,10-11,17H2,1H3,(H,18,19). The van der Waals surface area contributed by atoms with Crippen molar-refractivity contribution >= 4 is 5.91 Å². The molecule has 1 aliphatic carbocycles. The SMILES string of the molecule is COc1ccc(CC(=O)NC2CCCCC2CN)cc1. The zero-order valence-electron chi connectivity index (χ0n) is 12.1. The second kappa shape index (κ2) is 7.29. The lowest BCUT2D eigenvalue weighted by atomic mass is 9.84. The molecule has 1 fully saturated rings. The molecule has 0 heterocycles. The fourth-order valence-corrected chi connectivity index (χ4v) is 2.87. The van der Waals surface area contributed by atoms with Crippen LogP contribution in [-0.4, -0.2) is 25.6 Å². The fourth-order valence-electron chi connectivity index (χ4n) is 2.87. The first-order valence-electron chi connectivity index (χ1n) is 7.35. The summed E-state index contributed by atoms with van der Waals surface area (Å²) < 4.78 is 5.11. The molecule has 1 aromatic rings. The molecule has 110 valence electrons. The maximum atomic E-state index is 12.1. The highest BCUT2D eigenvalue weighted by atomic mass is 16.5. The molecular formula is C16H24N2O2. The summed E-state index contributed by atoms with van der Waals surface area (Å²) in [6, 6.07) is 7.87. The molecule has 3 N–H and O–H groups in total. The minimum absolute atomic E-state index is 0.0838. The third-order valence-electron chi connectivity index (χ3n) is 4.08. The third kappa shape index (κ3) is 3.97. The lowest BCUT2D eigenvalue weighted by Gasteiger charge is -2.31. The van der Waals surface area contributed by atoms with Crippen LogP contribution in [-0.2, 0) is 11.2 Å². The van der Waals surface area contributed by atoms with Gasteiger partial charge in [-0.2, -0.15) is 0 Å². The number of methoxy groups -OCH3 is 1. The molecule has 4 nitrogen and oxygen atoms in total. The van der Waals surface area contributed by atoms with Gasteiger partial charge in [0.25, 0.3) is 0 Å². The molecule has 1 amide bonds. The molecular weight excluding hydrogens is 252 g/mol. The number of rotatable bonds is 5. The van der Waals surface area contributed by atoms with Gasteiger partial charge in [-0.1, -0.05) is 25.0 Å². The zero-order chi connectivity index (χ0) is 14.4. The first kappa shape index (κ1) is 14.9. The van der Waals surface area contributed by atoms with E-state index in [1.54, 1.807) is 7.11 Å². The second-order valence-corrected chi connectivity index (χ2v) is 5.48. The van der Waals surface area contributed by atoms with E-state index in [2.05, 4.69) is 5.32 Å². The van der Waals surface area contributed by atoms with E-state index >= 15 is 0 Å². The molecule has 0 bridgehead atoms. The van der Waals surface area contributed by atoms with Crippen molar-refractivity contribution in [3.05, 3.63) is 29.8 Å². The van der Waals surface area contributed by atoms with Gasteiger partial charge in [-0.3, -0.25) is 4.79 Å². The summed E-state index contributed by atoms with van der Waals surface area (Å²) in [5.74, 6) is 1.33. The Kier molecular flexibility index (Phi) is 5.41. The van der Waals surface area contributed by atoms with Crippen LogP contribution in [0.4, 0.5) is 0 Å². The van der Waals surface area contributed by atoms with Crippen LogP contribution >= 0.6 is 0 Å². The van der Waals surface area contributed by atoms with E-state index in [-0.39, 0.29) is 11.9 Å². The van der Waals surface area contributed by atoms with Gasteiger partial charge < -0.3 is 15.8 Å². The van der Waals surface area contributed by atoms with E-state index in [9.17, 15) is 4.79 Å². The van der Waals surface area contributed by atoms with Gasteiger partial charge in [0.15, 0.2) is 0 Å². The number of carbonyl (C=O) groups is 1. The lowest BCUT2D eigenvalue weighted by molar-refractivity contribution is -0.121. The largest absolute Gasteiger partial charge is 0.497 e. The summed E-state index contributed by atoms with van der Waals surface area (Å²) in [5.41, 5.74) is 6.79. The van der Waals surface area contributed by atoms with Crippen LogP contribution in [0.15, 0.2) is 24.3 Å². The van der Waals surface area contributed by atoms with Crippen LogP contribution in [0, 0.1) is 5.92 Å². The smallest absolute Gasteiger partial charge is 0.224 e. The Morgan fingerprint density at radius 2 is 2.00 bits per heavy atom. The second-order valence-electron chi connectivity index (χ2n) is 5.48. The molecule has 0 saturated heterocycles. The predicted molar refractivity (Wildman–Crippen MR) is 79.6 cm³/mol. The summed E-state index contributed by atoms with van der Waals surface area (Å²) >= 11 is 0. The van der Waals surface area contributed by atoms with Crippen molar-refractivity contribution in [2.75, 3.05) is 13.7 Å². The van der Waals surface area contributed by atoms with Crippen molar-refractivity contribution in [2.24, 2.45) is 11.7 Å². The number of hydrogen-bond acceptors (Lipinski definition) is 3. The van der Waals surface area contributed by atoms with Crippen molar-refractivity contribution in [1.29, 1.82) is 0 Å². The highest BCUT2D eigenvalue weighted by molar-refractivity contribution is 5.78. The van der Waals surface area contributed by atoms with Gasteiger partial charge in [0, 0.05) is 6.04 Å². The van der Waals surface area contributed by atoms with Crippen LogP contribution in [0.1, 0.15) is 31.2 Å². The van der Waals surface area contributed by atoms with Crippen LogP contribution in [0.3, 0.4) is 0 Å². The summed E-state index contributed by atoms with van der Waals surface area (Å²) in [7, 11) is 1.64. The number of hydrogen-bond donors (Lipinski definition) is 2. The highest BCUT2D eigenvalue weighted by Crippen LogP contribution is 2.23. The number of ether oxygens (including phenoxy) is 1. The van der Waals surface area contributed by atoms with Crippen LogP contribution in [0.2, 0.25) is 0 Å². The number of benzene rings is 1. The molecule has 1 aromatic carbocycles. The predicted octanol–water partition coefficient (Wildman–Crippen LogP) is 1.87. The van der Waals surface area contributed by atoms with E-state index in [0.717, 1.165) is 24.2 Å². The number of carbonyl (C=O) groups excluding carboxylic acids is 1. The molecule has 0 aromatic heterocycles. The minimum Gasteiger partial charge on any atom is -0.497 e. The Balaban J connectivity index is 1.87. The van der Waals surface area contributed by atoms with Gasteiger partial charge in [-0.15, -0.1) is 0 Å². The average Bonchev–Trinajstić information content (AvgIpc) is 2.48.